The van der Waals surface area contributed by atoms with Crippen molar-refractivity contribution in [2.75, 3.05) is 19.2 Å². The van der Waals surface area contributed by atoms with Crippen molar-refractivity contribution in [2.24, 2.45) is 0 Å². The van der Waals surface area contributed by atoms with Gasteiger partial charge in [-0.1, -0.05) is 18.2 Å². The van der Waals surface area contributed by atoms with Crippen LogP contribution in [0.2, 0.25) is 0 Å². The Morgan fingerprint density at radius 1 is 1.09 bits per heavy atom. The van der Waals surface area contributed by atoms with E-state index in [1.54, 1.807) is 13.3 Å². The predicted octanol–water partition coefficient (Wildman–Crippen LogP) is 6.42. The third-order valence-corrected chi connectivity index (χ3v) is 6.47. The number of fused-ring (bicyclic) bond motifs is 4. The van der Waals surface area contributed by atoms with Gasteiger partial charge in [-0.2, -0.15) is 5.26 Å². The Hall–Kier alpha value is -4.48. The number of nitrogens with one attached hydrogen (secondary N) is 1. The highest BCUT2D eigenvalue weighted by atomic mass is 32.1. The first kappa shape index (κ1) is 20.1. The van der Waals surface area contributed by atoms with Gasteiger partial charge in [0.15, 0.2) is 11.5 Å². The summed E-state index contributed by atoms with van der Waals surface area (Å²) in [5, 5.41) is 17.5. The summed E-state index contributed by atoms with van der Waals surface area (Å²) >= 11 is 1.40. The van der Waals surface area contributed by atoms with Crippen molar-refractivity contribution in [2.45, 2.75) is 0 Å². The molecule has 2 aromatic heterocycles. The Morgan fingerprint density at radius 2 is 1.97 bits per heavy atom. The molecule has 0 radical (unpaired) electrons. The average molecular weight is 468 g/mol. The number of allylic oxidation sites excluding steroid dienone is 1. The molecule has 3 heterocycles. The van der Waals surface area contributed by atoms with Crippen LogP contribution in [-0.4, -0.2) is 18.9 Å². The quantitative estimate of drug-likeness (QED) is 0.298. The number of thiazole rings is 1. The van der Waals surface area contributed by atoms with Crippen molar-refractivity contribution in [3.8, 4) is 34.6 Å². The number of aromatic nitrogens is 1. The van der Waals surface area contributed by atoms with E-state index < -0.39 is 0 Å². The van der Waals surface area contributed by atoms with Gasteiger partial charge in [0.05, 0.1) is 18.5 Å². The van der Waals surface area contributed by atoms with Crippen LogP contribution in [-0.2, 0) is 0 Å². The molecule has 1 N–H and O–H groups in total. The molecule has 8 heteroatoms. The number of methoxy groups -OCH3 is 1. The number of ether oxygens (including phenoxy) is 3. The van der Waals surface area contributed by atoms with Crippen LogP contribution in [0.15, 0.2) is 70.6 Å². The lowest BCUT2D eigenvalue weighted by Gasteiger charge is -2.08. The summed E-state index contributed by atoms with van der Waals surface area (Å²) in [7, 11) is 1.61. The van der Waals surface area contributed by atoms with Gasteiger partial charge < -0.3 is 23.9 Å². The monoisotopic (exact) mass is 467 g/mol. The smallest absolute Gasteiger partial charge is 0.231 e. The van der Waals surface area contributed by atoms with Crippen LogP contribution in [0.1, 0.15) is 5.01 Å². The fourth-order valence-corrected chi connectivity index (χ4v) is 4.71. The van der Waals surface area contributed by atoms with E-state index in [2.05, 4.69) is 16.4 Å². The van der Waals surface area contributed by atoms with Crippen molar-refractivity contribution < 1.29 is 18.6 Å². The number of furan rings is 1. The minimum Gasteiger partial charge on any atom is -0.495 e. The van der Waals surface area contributed by atoms with Gasteiger partial charge in [0.2, 0.25) is 6.79 Å². The van der Waals surface area contributed by atoms with Crippen molar-refractivity contribution in [1.82, 2.24) is 4.98 Å². The molecule has 0 saturated carbocycles. The molecule has 0 bridgehead atoms. The maximum atomic E-state index is 9.78. The minimum atomic E-state index is 0.220. The summed E-state index contributed by atoms with van der Waals surface area (Å²) in [6, 6.07) is 19.6. The zero-order chi connectivity index (χ0) is 23.1. The molecule has 0 aliphatic carbocycles. The largest absolute Gasteiger partial charge is 0.495 e. The summed E-state index contributed by atoms with van der Waals surface area (Å²) in [5.74, 6) is 2.06. The molecule has 0 amide bonds. The van der Waals surface area contributed by atoms with Crippen LogP contribution >= 0.6 is 11.3 Å². The van der Waals surface area contributed by atoms with Crippen LogP contribution < -0.4 is 19.5 Å². The number of nitrogens with zero attached hydrogens (tertiary/aromatic N) is 2. The number of hydrogen-bond donors (Lipinski definition) is 1. The SMILES string of the molecule is COc1cc2c(cc1N/C=C(\C#N)c1nc(-c3ccc4c(c3)OCO4)cs1)oc1ccccc12. The zero-order valence-electron chi connectivity index (χ0n) is 18.0. The second kappa shape index (κ2) is 8.14. The molecule has 1 aliphatic heterocycles. The molecule has 0 fully saturated rings. The molecule has 5 aromatic rings. The molecule has 0 saturated heterocycles. The van der Waals surface area contributed by atoms with Gasteiger partial charge >= 0.3 is 0 Å². The van der Waals surface area contributed by atoms with E-state index in [0.29, 0.717) is 27.8 Å². The zero-order valence-corrected chi connectivity index (χ0v) is 18.8. The summed E-state index contributed by atoms with van der Waals surface area (Å²) in [4.78, 5) is 4.65. The Balaban J connectivity index is 1.31. The third kappa shape index (κ3) is 3.39. The Kier molecular flexibility index (Phi) is 4.82. The molecule has 166 valence electrons. The fraction of sp³-hybridized carbons (Fsp3) is 0.0769. The molecule has 34 heavy (non-hydrogen) atoms. The molecular weight excluding hydrogens is 450 g/mol. The second-order valence-corrected chi connectivity index (χ2v) is 8.43. The van der Waals surface area contributed by atoms with Crippen molar-refractivity contribution in [3.63, 3.8) is 0 Å². The van der Waals surface area contributed by atoms with Gasteiger partial charge in [0.25, 0.3) is 0 Å². The first-order chi connectivity index (χ1) is 16.7. The van der Waals surface area contributed by atoms with E-state index in [9.17, 15) is 5.26 Å². The normalized spacial score (nSPS) is 12.8. The summed E-state index contributed by atoms with van der Waals surface area (Å²) in [6.07, 6.45) is 1.63. The van der Waals surface area contributed by atoms with Crippen LogP contribution in [0.5, 0.6) is 17.2 Å². The number of benzene rings is 3. The third-order valence-electron chi connectivity index (χ3n) is 5.59. The van der Waals surface area contributed by atoms with Gasteiger partial charge in [-0.05, 0) is 30.3 Å². The van der Waals surface area contributed by atoms with E-state index in [1.807, 2.05) is 60.0 Å². The number of anilines is 1. The van der Waals surface area contributed by atoms with Crippen molar-refractivity contribution in [3.05, 3.63) is 71.2 Å². The topological polar surface area (TPSA) is 89.5 Å². The van der Waals surface area contributed by atoms with E-state index in [1.165, 1.54) is 11.3 Å². The highest BCUT2D eigenvalue weighted by molar-refractivity contribution is 7.11. The van der Waals surface area contributed by atoms with Gasteiger partial charge in [0.1, 0.15) is 33.6 Å². The van der Waals surface area contributed by atoms with Gasteiger partial charge in [-0.15, -0.1) is 11.3 Å². The van der Waals surface area contributed by atoms with Gasteiger partial charge in [-0.3, -0.25) is 0 Å². The van der Waals surface area contributed by atoms with E-state index in [0.717, 1.165) is 38.9 Å². The lowest BCUT2D eigenvalue weighted by molar-refractivity contribution is 0.174. The highest BCUT2D eigenvalue weighted by Crippen LogP contribution is 2.38. The van der Waals surface area contributed by atoms with Gasteiger partial charge in [0, 0.05) is 34.0 Å². The molecule has 3 aromatic carbocycles. The molecule has 7 nitrogen and oxygen atoms in total. The van der Waals surface area contributed by atoms with E-state index in [-0.39, 0.29) is 6.79 Å². The molecule has 0 spiro atoms. The molecule has 0 unspecified atom stereocenters. The number of nitriles is 1. The maximum absolute atomic E-state index is 9.78. The fourth-order valence-electron chi connectivity index (χ4n) is 3.91. The maximum Gasteiger partial charge on any atom is 0.231 e. The van der Waals surface area contributed by atoms with Crippen LogP contribution in [0.25, 0.3) is 38.8 Å². The van der Waals surface area contributed by atoms with E-state index in [4.69, 9.17) is 18.6 Å². The van der Waals surface area contributed by atoms with Crippen LogP contribution in [0, 0.1) is 11.3 Å². The molecule has 0 atom stereocenters. The summed E-state index contributed by atoms with van der Waals surface area (Å²) in [5.41, 5.74) is 4.30. The van der Waals surface area contributed by atoms with Crippen molar-refractivity contribution >= 4 is 44.5 Å². The number of hydrogen-bond acceptors (Lipinski definition) is 8. The standard InChI is InChI=1S/C26H17N3O4S/c1-30-24-9-18-17-4-2-3-5-21(17)33-23(18)10-19(24)28-12-16(11-27)26-29-20(13-34-26)15-6-7-22-25(8-15)32-14-31-22/h2-10,12-13,28H,14H2,1H3/b16-12+. The summed E-state index contributed by atoms with van der Waals surface area (Å²) in [6.45, 7) is 0.220. The first-order valence-electron chi connectivity index (χ1n) is 10.5. The Labute approximate surface area is 198 Å². The van der Waals surface area contributed by atoms with Crippen LogP contribution in [0.3, 0.4) is 0 Å². The molecule has 1 aliphatic rings. The van der Waals surface area contributed by atoms with Gasteiger partial charge in [-0.25, -0.2) is 4.98 Å². The first-order valence-corrected chi connectivity index (χ1v) is 11.3. The average Bonchev–Trinajstić information content (AvgIpc) is 3.61. The Bertz CT molecular complexity index is 1630. The second-order valence-electron chi connectivity index (χ2n) is 7.57. The lowest BCUT2D eigenvalue weighted by atomic mass is 10.1. The Morgan fingerprint density at radius 3 is 2.85 bits per heavy atom. The summed E-state index contributed by atoms with van der Waals surface area (Å²) < 4.78 is 22.4. The molecular formula is C26H17N3O4S. The van der Waals surface area contributed by atoms with Crippen molar-refractivity contribution in [1.29, 1.82) is 5.26 Å². The highest BCUT2D eigenvalue weighted by Gasteiger charge is 2.16. The van der Waals surface area contributed by atoms with E-state index >= 15 is 0 Å². The lowest BCUT2D eigenvalue weighted by Crippen LogP contribution is -1.95. The number of rotatable bonds is 5. The van der Waals surface area contributed by atoms with Crippen LogP contribution in [0.4, 0.5) is 5.69 Å². The minimum absolute atomic E-state index is 0.220. The predicted molar refractivity (Wildman–Crippen MR) is 131 cm³/mol. The molecule has 6 rings (SSSR count). The number of para-hydroxylation sites is 1.